The van der Waals surface area contributed by atoms with Gasteiger partial charge >= 0.3 is 0 Å². The molecule has 1 unspecified atom stereocenters. The van der Waals surface area contributed by atoms with Crippen LogP contribution in [0.5, 0.6) is 5.75 Å². The number of fused-ring (bicyclic) bond motifs is 1. The predicted octanol–water partition coefficient (Wildman–Crippen LogP) is 4.30. The number of methoxy groups -OCH3 is 1. The Bertz CT molecular complexity index is 820. The SMILES string of the molecule is CCC1CN(C(=O)c2ccc(OC)c(F)c2)c2cc(C)c(C)cc2N1. The lowest BCUT2D eigenvalue weighted by Crippen LogP contribution is -2.44. The fourth-order valence-electron chi connectivity index (χ4n) is 3.10. The van der Waals surface area contributed by atoms with Crippen LogP contribution in [0.25, 0.3) is 0 Å². The zero-order valence-electron chi connectivity index (χ0n) is 15.0. The van der Waals surface area contributed by atoms with Crippen LogP contribution in [0.2, 0.25) is 0 Å². The normalized spacial score (nSPS) is 16.2. The molecule has 1 aliphatic heterocycles. The predicted molar refractivity (Wildman–Crippen MR) is 98.2 cm³/mol. The topological polar surface area (TPSA) is 41.6 Å². The van der Waals surface area contributed by atoms with Gasteiger partial charge < -0.3 is 15.0 Å². The monoisotopic (exact) mass is 342 g/mol. The number of carbonyl (C=O) groups excluding carboxylic acids is 1. The molecule has 2 aromatic carbocycles. The van der Waals surface area contributed by atoms with E-state index in [4.69, 9.17) is 4.74 Å². The number of ether oxygens (including phenoxy) is 1. The van der Waals surface area contributed by atoms with Gasteiger partial charge in [0.15, 0.2) is 11.6 Å². The molecule has 1 aliphatic rings. The quantitative estimate of drug-likeness (QED) is 0.904. The molecule has 0 aliphatic carbocycles. The largest absolute Gasteiger partial charge is 0.494 e. The maximum atomic E-state index is 14.0. The van der Waals surface area contributed by atoms with Gasteiger partial charge in [0.25, 0.3) is 5.91 Å². The molecule has 1 heterocycles. The number of nitrogens with one attached hydrogen (secondary N) is 1. The number of amides is 1. The molecular weight excluding hydrogens is 319 g/mol. The molecule has 0 saturated heterocycles. The third-order valence-electron chi connectivity index (χ3n) is 4.80. The molecule has 1 N–H and O–H groups in total. The van der Waals surface area contributed by atoms with E-state index in [1.807, 2.05) is 13.0 Å². The van der Waals surface area contributed by atoms with Crippen LogP contribution in [-0.4, -0.2) is 25.6 Å². The van der Waals surface area contributed by atoms with Crippen molar-refractivity contribution in [3.63, 3.8) is 0 Å². The van der Waals surface area contributed by atoms with Crippen LogP contribution in [0.15, 0.2) is 30.3 Å². The number of hydrogen-bond donors (Lipinski definition) is 1. The average molecular weight is 342 g/mol. The van der Waals surface area contributed by atoms with E-state index in [-0.39, 0.29) is 17.7 Å². The lowest BCUT2D eigenvalue weighted by atomic mass is 10.0. The van der Waals surface area contributed by atoms with E-state index in [1.54, 1.807) is 11.0 Å². The highest BCUT2D eigenvalue weighted by atomic mass is 19.1. The molecule has 132 valence electrons. The van der Waals surface area contributed by atoms with Crippen LogP contribution < -0.4 is 15.0 Å². The summed E-state index contributed by atoms with van der Waals surface area (Å²) in [5.41, 5.74) is 4.40. The first kappa shape index (κ1) is 17.3. The first-order chi connectivity index (χ1) is 11.9. The lowest BCUT2D eigenvalue weighted by molar-refractivity contribution is 0.0984. The second-order valence-corrected chi connectivity index (χ2v) is 6.47. The third-order valence-corrected chi connectivity index (χ3v) is 4.80. The van der Waals surface area contributed by atoms with Crippen LogP contribution in [0.4, 0.5) is 15.8 Å². The summed E-state index contributed by atoms with van der Waals surface area (Å²) in [5, 5.41) is 3.49. The number of benzene rings is 2. The number of rotatable bonds is 3. The van der Waals surface area contributed by atoms with Crippen molar-refractivity contribution in [2.24, 2.45) is 0 Å². The van der Waals surface area contributed by atoms with Gasteiger partial charge in [0, 0.05) is 18.2 Å². The summed E-state index contributed by atoms with van der Waals surface area (Å²) < 4.78 is 19.0. The van der Waals surface area contributed by atoms with Crippen molar-refractivity contribution in [2.75, 3.05) is 23.9 Å². The minimum atomic E-state index is -0.532. The summed E-state index contributed by atoms with van der Waals surface area (Å²) in [5.74, 6) is -0.600. The fraction of sp³-hybridized carbons (Fsp3) is 0.350. The highest BCUT2D eigenvalue weighted by molar-refractivity contribution is 6.08. The molecule has 3 rings (SSSR count). The number of nitrogens with zero attached hydrogens (tertiary/aromatic N) is 1. The van der Waals surface area contributed by atoms with Crippen molar-refractivity contribution in [3.8, 4) is 5.75 Å². The van der Waals surface area contributed by atoms with Gasteiger partial charge in [-0.2, -0.15) is 0 Å². The maximum Gasteiger partial charge on any atom is 0.258 e. The Labute approximate surface area is 147 Å². The number of anilines is 2. The Hall–Kier alpha value is -2.56. The Morgan fingerprint density at radius 1 is 1.28 bits per heavy atom. The summed E-state index contributed by atoms with van der Waals surface area (Å²) in [4.78, 5) is 14.8. The molecule has 0 saturated carbocycles. The summed E-state index contributed by atoms with van der Waals surface area (Å²) in [6.45, 7) is 6.72. The van der Waals surface area contributed by atoms with Crippen LogP contribution in [0.1, 0.15) is 34.8 Å². The Morgan fingerprint density at radius 3 is 2.64 bits per heavy atom. The fourth-order valence-corrected chi connectivity index (χ4v) is 3.10. The molecule has 4 nitrogen and oxygen atoms in total. The standard InChI is InChI=1S/C20H23FN2O2/c1-5-15-11-23(18-9-13(3)12(2)8-17(18)22-15)20(24)14-6-7-19(25-4)16(21)10-14/h6-10,15,22H,5,11H2,1-4H3. The van der Waals surface area contributed by atoms with E-state index in [2.05, 4.69) is 25.2 Å². The molecular formula is C20H23FN2O2. The van der Waals surface area contributed by atoms with Gasteiger partial charge in [-0.3, -0.25) is 4.79 Å². The first-order valence-corrected chi connectivity index (χ1v) is 8.47. The van der Waals surface area contributed by atoms with Gasteiger partial charge in [-0.1, -0.05) is 6.92 Å². The minimum Gasteiger partial charge on any atom is -0.494 e. The summed E-state index contributed by atoms with van der Waals surface area (Å²) in [6.07, 6.45) is 0.896. The van der Waals surface area contributed by atoms with Crippen LogP contribution in [0, 0.1) is 19.7 Å². The molecule has 0 bridgehead atoms. The number of aryl methyl sites for hydroxylation is 2. The molecule has 0 fully saturated rings. The number of hydrogen-bond acceptors (Lipinski definition) is 3. The van der Waals surface area contributed by atoms with E-state index < -0.39 is 5.82 Å². The van der Waals surface area contributed by atoms with Gasteiger partial charge in [0.1, 0.15) is 0 Å². The first-order valence-electron chi connectivity index (χ1n) is 8.47. The van der Waals surface area contributed by atoms with Crippen LogP contribution in [-0.2, 0) is 0 Å². The van der Waals surface area contributed by atoms with E-state index >= 15 is 0 Å². The third kappa shape index (κ3) is 3.18. The highest BCUT2D eigenvalue weighted by Crippen LogP contribution is 2.35. The highest BCUT2D eigenvalue weighted by Gasteiger charge is 2.29. The van der Waals surface area contributed by atoms with E-state index in [9.17, 15) is 9.18 Å². The van der Waals surface area contributed by atoms with Crippen molar-refractivity contribution < 1.29 is 13.9 Å². The summed E-state index contributed by atoms with van der Waals surface area (Å²) >= 11 is 0. The van der Waals surface area contributed by atoms with E-state index in [0.29, 0.717) is 12.1 Å². The van der Waals surface area contributed by atoms with Crippen LogP contribution in [0.3, 0.4) is 0 Å². The van der Waals surface area contributed by atoms with Crippen molar-refractivity contribution in [3.05, 3.63) is 52.8 Å². The smallest absolute Gasteiger partial charge is 0.258 e. The molecule has 25 heavy (non-hydrogen) atoms. The van der Waals surface area contributed by atoms with Gasteiger partial charge in [-0.15, -0.1) is 0 Å². The molecule has 1 amide bonds. The Kier molecular flexibility index (Phi) is 4.66. The van der Waals surface area contributed by atoms with Crippen molar-refractivity contribution in [1.29, 1.82) is 0 Å². The molecule has 0 radical (unpaired) electrons. The Balaban J connectivity index is 2.02. The Morgan fingerprint density at radius 2 is 2.00 bits per heavy atom. The number of carbonyl (C=O) groups is 1. The van der Waals surface area contributed by atoms with E-state index in [1.165, 1.54) is 24.8 Å². The summed E-state index contributed by atoms with van der Waals surface area (Å²) in [7, 11) is 1.41. The molecule has 2 aromatic rings. The van der Waals surface area contributed by atoms with Gasteiger partial charge in [-0.25, -0.2) is 4.39 Å². The lowest BCUT2D eigenvalue weighted by Gasteiger charge is -2.36. The van der Waals surface area contributed by atoms with Crippen molar-refractivity contribution in [1.82, 2.24) is 0 Å². The van der Waals surface area contributed by atoms with Crippen molar-refractivity contribution in [2.45, 2.75) is 33.2 Å². The van der Waals surface area contributed by atoms with Gasteiger partial charge in [-0.05, 0) is 61.7 Å². The average Bonchev–Trinajstić information content (AvgIpc) is 2.61. The molecule has 0 aromatic heterocycles. The minimum absolute atomic E-state index is 0.134. The second-order valence-electron chi connectivity index (χ2n) is 6.47. The van der Waals surface area contributed by atoms with Crippen molar-refractivity contribution >= 4 is 17.3 Å². The van der Waals surface area contributed by atoms with Crippen LogP contribution >= 0.6 is 0 Å². The maximum absolute atomic E-state index is 14.0. The zero-order chi connectivity index (χ0) is 18.1. The van der Waals surface area contributed by atoms with Gasteiger partial charge in [0.2, 0.25) is 0 Å². The zero-order valence-corrected chi connectivity index (χ0v) is 15.0. The molecule has 0 spiro atoms. The number of halogens is 1. The molecule has 5 heteroatoms. The van der Waals surface area contributed by atoms with E-state index in [0.717, 1.165) is 23.4 Å². The van der Waals surface area contributed by atoms with Gasteiger partial charge in [0.05, 0.1) is 18.5 Å². The summed E-state index contributed by atoms with van der Waals surface area (Å²) in [6, 6.07) is 8.59. The molecule has 1 atom stereocenters. The second kappa shape index (κ2) is 6.75.